The number of hydrogen-bond donors (Lipinski definition) is 2. The van der Waals surface area contributed by atoms with Gasteiger partial charge in [0.05, 0.1) is 0 Å². The molecule has 0 spiro atoms. The van der Waals surface area contributed by atoms with E-state index < -0.39 is 0 Å². The summed E-state index contributed by atoms with van der Waals surface area (Å²) in [5.74, 6) is 5.99. The van der Waals surface area contributed by atoms with E-state index in [1.165, 1.54) is 0 Å². The molecule has 20 heavy (non-hydrogen) atoms. The van der Waals surface area contributed by atoms with Gasteiger partial charge in [0.25, 0.3) is 5.91 Å². The van der Waals surface area contributed by atoms with Crippen molar-refractivity contribution in [1.82, 2.24) is 5.32 Å². The lowest BCUT2D eigenvalue weighted by Gasteiger charge is -2.20. The van der Waals surface area contributed by atoms with Crippen molar-refractivity contribution >= 4 is 5.91 Å². The van der Waals surface area contributed by atoms with Crippen LogP contribution in [0.4, 0.5) is 0 Å². The minimum Gasteiger partial charge on any atom is -0.396 e. The van der Waals surface area contributed by atoms with Crippen molar-refractivity contribution in [3.8, 4) is 11.8 Å². The maximum Gasteiger partial charge on any atom is 0.251 e. The third kappa shape index (κ3) is 5.46. The Labute approximate surface area is 121 Å². The van der Waals surface area contributed by atoms with E-state index in [-0.39, 0.29) is 18.1 Å². The molecule has 0 fully saturated rings. The number of aliphatic hydroxyl groups is 1. The summed E-state index contributed by atoms with van der Waals surface area (Å²) in [5.41, 5.74) is 2.28. The Morgan fingerprint density at radius 2 is 2.05 bits per heavy atom. The summed E-state index contributed by atoms with van der Waals surface area (Å²) in [5, 5.41) is 11.7. The van der Waals surface area contributed by atoms with Gasteiger partial charge in [-0.1, -0.05) is 17.9 Å². The summed E-state index contributed by atoms with van der Waals surface area (Å²) in [6, 6.07) is 5.55. The maximum absolute atomic E-state index is 12.1. The molecule has 1 rings (SSSR count). The van der Waals surface area contributed by atoms with Gasteiger partial charge in [0.1, 0.15) is 0 Å². The van der Waals surface area contributed by atoms with E-state index in [2.05, 4.69) is 17.2 Å². The molecule has 0 aliphatic carbocycles. The molecule has 0 saturated heterocycles. The van der Waals surface area contributed by atoms with Crippen LogP contribution in [0.15, 0.2) is 18.2 Å². The molecule has 2 N–H and O–H groups in total. The zero-order valence-corrected chi connectivity index (χ0v) is 12.7. The lowest BCUT2D eigenvalue weighted by molar-refractivity contribution is 0.0919. The summed E-state index contributed by atoms with van der Waals surface area (Å²) < 4.78 is 0. The molecule has 1 aromatic rings. The zero-order valence-electron chi connectivity index (χ0n) is 12.7. The van der Waals surface area contributed by atoms with E-state index in [9.17, 15) is 4.79 Å². The smallest absolute Gasteiger partial charge is 0.251 e. The monoisotopic (exact) mass is 273 g/mol. The highest BCUT2D eigenvalue weighted by atomic mass is 16.2. The zero-order chi connectivity index (χ0) is 15.2. The van der Waals surface area contributed by atoms with Crippen molar-refractivity contribution < 1.29 is 9.90 Å². The fraction of sp³-hybridized carbons (Fsp3) is 0.471. The average Bonchev–Trinajstić information content (AvgIpc) is 2.34. The molecule has 108 valence electrons. The van der Waals surface area contributed by atoms with Gasteiger partial charge in [-0.2, -0.15) is 0 Å². The number of carbonyl (C=O) groups excluding carboxylic acids is 1. The van der Waals surface area contributed by atoms with Crippen LogP contribution < -0.4 is 5.32 Å². The summed E-state index contributed by atoms with van der Waals surface area (Å²) in [6.07, 6.45) is 1.34. The third-order valence-electron chi connectivity index (χ3n) is 2.67. The van der Waals surface area contributed by atoms with Crippen LogP contribution in [0, 0.1) is 18.8 Å². The van der Waals surface area contributed by atoms with Gasteiger partial charge in [-0.15, -0.1) is 0 Å². The molecule has 0 radical (unpaired) electrons. The molecule has 0 aliphatic heterocycles. The molecule has 0 atom stereocenters. The Kier molecular flexibility index (Phi) is 5.79. The number of rotatable bonds is 3. The second-order valence-corrected chi connectivity index (χ2v) is 5.86. The summed E-state index contributed by atoms with van der Waals surface area (Å²) in [4.78, 5) is 12.1. The van der Waals surface area contributed by atoms with Gasteiger partial charge in [-0.3, -0.25) is 4.79 Å². The Bertz CT molecular complexity index is 530. The van der Waals surface area contributed by atoms with E-state index in [0.717, 1.165) is 11.1 Å². The Hall–Kier alpha value is -1.79. The summed E-state index contributed by atoms with van der Waals surface area (Å²) in [6.45, 7) is 7.99. The Balaban J connectivity index is 2.90. The van der Waals surface area contributed by atoms with Crippen molar-refractivity contribution in [1.29, 1.82) is 0 Å². The number of unbranched alkanes of at least 4 members (excludes halogenated alkanes) is 1. The maximum atomic E-state index is 12.1. The Morgan fingerprint density at radius 1 is 1.35 bits per heavy atom. The van der Waals surface area contributed by atoms with Crippen molar-refractivity contribution in [3.63, 3.8) is 0 Å². The number of benzene rings is 1. The minimum atomic E-state index is -0.255. The molecular weight excluding hydrogens is 250 g/mol. The van der Waals surface area contributed by atoms with Crippen LogP contribution in [0.3, 0.4) is 0 Å². The van der Waals surface area contributed by atoms with E-state index in [1.807, 2.05) is 45.9 Å². The highest BCUT2D eigenvalue weighted by Gasteiger charge is 2.15. The normalized spacial score (nSPS) is 10.7. The van der Waals surface area contributed by atoms with Gasteiger partial charge >= 0.3 is 0 Å². The quantitative estimate of drug-likeness (QED) is 0.657. The van der Waals surface area contributed by atoms with Crippen LogP contribution in [-0.4, -0.2) is 23.2 Å². The first kappa shape index (κ1) is 16.3. The number of carbonyl (C=O) groups is 1. The number of aryl methyl sites for hydroxylation is 1. The Morgan fingerprint density at radius 3 is 2.65 bits per heavy atom. The predicted octanol–water partition coefficient (Wildman–Crippen LogP) is 2.65. The third-order valence-corrected chi connectivity index (χ3v) is 2.67. The second kappa shape index (κ2) is 7.12. The number of aliphatic hydroxyl groups excluding tert-OH is 1. The van der Waals surface area contributed by atoms with Crippen LogP contribution in [-0.2, 0) is 0 Å². The number of nitrogens with one attached hydrogen (secondary N) is 1. The van der Waals surface area contributed by atoms with E-state index in [1.54, 1.807) is 0 Å². The molecule has 1 aromatic carbocycles. The van der Waals surface area contributed by atoms with Gasteiger partial charge in [-0.25, -0.2) is 0 Å². The standard InChI is InChI=1S/C17H23NO2/c1-13-9-10-15(16(20)18-17(2,3)4)12-14(13)8-6-5-7-11-19/h9-10,12,19H,5,7,11H2,1-4H3,(H,18,20). The number of hydrogen-bond acceptors (Lipinski definition) is 2. The fourth-order valence-corrected chi connectivity index (χ4v) is 1.64. The summed E-state index contributed by atoms with van der Waals surface area (Å²) >= 11 is 0. The molecular formula is C17H23NO2. The number of amides is 1. The van der Waals surface area contributed by atoms with Gasteiger partial charge < -0.3 is 10.4 Å². The molecule has 3 nitrogen and oxygen atoms in total. The molecule has 0 saturated carbocycles. The molecule has 1 amide bonds. The fourth-order valence-electron chi connectivity index (χ4n) is 1.64. The average molecular weight is 273 g/mol. The van der Waals surface area contributed by atoms with Gasteiger partial charge in [-0.05, 0) is 51.8 Å². The molecule has 0 heterocycles. The molecule has 0 bridgehead atoms. The molecule has 3 heteroatoms. The van der Waals surface area contributed by atoms with E-state index in [4.69, 9.17) is 5.11 Å². The first-order valence-corrected chi connectivity index (χ1v) is 6.86. The van der Waals surface area contributed by atoms with Crippen LogP contribution in [0.1, 0.15) is 55.1 Å². The highest BCUT2D eigenvalue weighted by molar-refractivity contribution is 5.95. The largest absolute Gasteiger partial charge is 0.396 e. The lowest BCUT2D eigenvalue weighted by Crippen LogP contribution is -2.40. The first-order valence-electron chi connectivity index (χ1n) is 6.86. The van der Waals surface area contributed by atoms with Gasteiger partial charge in [0.15, 0.2) is 0 Å². The van der Waals surface area contributed by atoms with Crippen molar-refractivity contribution in [2.75, 3.05) is 6.61 Å². The van der Waals surface area contributed by atoms with Crippen molar-refractivity contribution in [2.24, 2.45) is 0 Å². The van der Waals surface area contributed by atoms with Crippen molar-refractivity contribution in [3.05, 3.63) is 34.9 Å². The van der Waals surface area contributed by atoms with E-state index in [0.29, 0.717) is 18.4 Å². The van der Waals surface area contributed by atoms with Gasteiger partial charge in [0.2, 0.25) is 0 Å². The van der Waals surface area contributed by atoms with Crippen LogP contribution >= 0.6 is 0 Å². The summed E-state index contributed by atoms with van der Waals surface area (Å²) in [7, 11) is 0. The topological polar surface area (TPSA) is 49.3 Å². The van der Waals surface area contributed by atoms with Gasteiger partial charge in [0, 0.05) is 29.7 Å². The van der Waals surface area contributed by atoms with E-state index >= 15 is 0 Å². The predicted molar refractivity (Wildman–Crippen MR) is 81.6 cm³/mol. The first-order chi connectivity index (χ1) is 9.33. The minimum absolute atomic E-state index is 0.0871. The van der Waals surface area contributed by atoms with Crippen LogP contribution in [0.25, 0.3) is 0 Å². The highest BCUT2D eigenvalue weighted by Crippen LogP contribution is 2.12. The van der Waals surface area contributed by atoms with Crippen LogP contribution in [0.2, 0.25) is 0 Å². The second-order valence-electron chi connectivity index (χ2n) is 5.86. The molecule has 0 unspecified atom stereocenters. The SMILES string of the molecule is Cc1ccc(C(=O)NC(C)(C)C)cc1C#CCCCO. The lowest BCUT2D eigenvalue weighted by atomic mass is 10.0. The van der Waals surface area contributed by atoms with Crippen LogP contribution in [0.5, 0.6) is 0 Å². The molecule has 0 aromatic heterocycles. The van der Waals surface area contributed by atoms with Crippen molar-refractivity contribution in [2.45, 2.75) is 46.1 Å². The molecule has 0 aliphatic rings.